The zero-order valence-electron chi connectivity index (χ0n) is 16.5. The Morgan fingerprint density at radius 1 is 1.20 bits per heavy atom. The van der Waals surface area contributed by atoms with Crippen LogP contribution >= 0.6 is 11.3 Å². The van der Waals surface area contributed by atoms with E-state index in [1.165, 1.54) is 41.4 Å². The van der Waals surface area contributed by atoms with Crippen molar-refractivity contribution in [1.29, 1.82) is 0 Å². The molecule has 1 aliphatic rings. The highest BCUT2D eigenvalue weighted by molar-refractivity contribution is 7.17. The molecule has 0 atom stereocenters. The fraction of sp³-hybridized carbons (Fsp3) is 0.261. The summed E-state index contributed by atoms with van der Waals surface area (Å²) in [5.41, 5.74) is 4.58. The first-order valence-electron chi connectivity index (χ1n) is 9.94. The molecule has 30 heavy (non-hydrogen) atoms. The van der Waals surface area contributed by atoms with Crippen LogP contribution in [0.2, 0.25) is 0 Å². The van der Waals surface area contributed by atoms with E-state index in [9.17, 15) is 9.59 Å². The van der Waals surface area contributed by atoms with E-state index in [2.05, 4.69) is 23.2 Å². The maximum absolute atomic E-state index is 13.4. The van der Waals surface area contributed by atoms with Crippen molar-refractivity contribution in [3.05, 3.63) is 74.5 Å². The van der Waals surface area contributed by atoms with E-state index in [1.54, 1.807) is 17.6 Å². The van der Waals surface area contributed by atoms with Gasteiger partial charge in [0.25, 0.3) is 5.56 Å². The molecule has 0 bridgehead atoms. The molecule has 3 heterocycles. The minimum absolute atomic E-state index is 0.139. The summed E-state index contributed by atoms with van der Waals surface area (Å²) in [4.78, 5) is 29.8. The van der Waals surface area contributed by atoms with Crippen LogP contribution in [0.15, 0.2) is 44.9 Å². The summed E-state index contributed by atoms with van der Waals surface area (Å²) in [6.07, 6.45) is 4.64. The van der Waals surface area contributed by atoms with E-state index in [-0.39, 0.29) is 17.9 Å². The molecule has 0 saturated carbocycles. The zero-order valence-corrected chi connectivity index (χ0v) is 17.3. The number of furan rings is 1. The highest BCUT2D eigenvalue weighted by Gasteiger charge is 2.18. The number of hydrogen-bond donors (Lipinski definition) is 1. The average Bonchev–Trinajstić information content (AvgIpc) is 3.38. The van der Waals surface area contributed by atoms with Gasteiger partial charge in [0.05, 0.1) is 11.9 Å². The number of hydrogen-bond acceptors (Lipinski definition) is 5. The molecule has 7 heteroatoms. The van der Waals surface area contributed by atoms with Gasteiger partial charge in [0, 0.05) is 10.9 Å². The second-order valence-electron chi connectivity index (χ2n) is 7.64. The number of carboxylic acid groups (broad SMARTS) is 1. The number of aryl methyl sites for hydroxylation is 3. The van der Waals surface area contributed by atoms with Gasteiger partial charge in [-0.3, -0.25) is 9.36 Å². The summed E-state index contributed by atoms with van der Waals surface area (Å²) in [7, 11) is 0. The number of thiophene rings is 1. The second kappa shape index (κ2) is 7.25. The highest BCUT2D eigenvalue weighted by Crippen LogP contribution is 2.33. The Balaban J connectivity index is 1.61. The third-order valence-corrected chi connectivity index (χ3v) is 6.60. The molecular weight excluding hydrogens is 400 g/mol. The van der Waals surface area contributed by atoms with Crippen LogP contribution in [0, 0.1) is 6.92 Å². The maximum atomic E-state index is 13.4. The number of carbonyl (C=O) groups is 1. The molecule has 1 aliphatic carbocycles. The molecule has 0 saturated heterocycles. The molecule has 0 unspecified atom stereocenters. The lowest BCUT2D eigenvalue weighted by Crippen LogP contribution is -2.24. The first kappa shape index (κ1) is 18.8. The molecule has 0 fully saturated rings. The molecule has 6 nitrogen and oxygen atoms in total. The van der Waals surface area contributed by atoms with Crippen molar-refractivity contribution in [2.45, 2.75) is 39.2 Å². The number of aromatic nitrogens is 2. The molecule has 0 aliphatic heterocycles. The van der Waals surface area contributed by atoms with Gasteiger partial charge in [-0.05, 0) is 61.4 Å². The predicted octanol–water partition coefficient (Wildman–Crippen LogP) is 4.65. The molecule has 0 amide bonds. The van der Waals surface area contributed by atoms with Gasteiger partial charge in [0.2, 0.25) is 5.76 Å². The first-order chi connectivity index (χ1) is 14.5. The Morgan fingerprint density at radius 2 is 2.00 bits per heavy atom. The minimum Gasteiger partial charge on any atom is -0.475 e. The lowest BCUT2D eigenvalue weighted by atomic mass is 9.89. The van der Waals surface area contributed by atoms with Gasteiger partial charge in [0.15, 0.2) is 0 Å². The molecule has 5 rings (SSSR count). The quantitative estimate of drug-likeness (QED) is 0.519. The fourth-order valence-corrected chi connectivity index (χ4v) is 5.14. The summed E-state index contributed by atoms with van der Waals surface area (Å²) >= 11 is 1.47. The van der Waals surface area contributed by atoms with Gasteiger partial charge in [0.1, 0.15) is 16.4 Å². The van der Waals surface area contributed by atoms with Crippen LogP contribution in [0.1, 0.15) is 46.1 Å². The number of benzene rings is 1. The normalized spacial score (nSPS) is 13.5. The number of fused-ring (bicyclic) bond motifs is 2. The zero-order chi connectivity index (χ0) is 20.8. The van der Waals surface area contributed by atoms with Crippen LogP contribution in [-0.2, 0) is 19.4 Å². The van der Waals surface area contributed by atoms with Crippen molar-refractivity contribution in [3.8, 4) is 11.1 Å². The molecule has 0 radical (unpaired) electrons. The molecule has 1 N–H and O–H groups in total. The van der Waals surface area contributed by atoms with Crippen LogP contribution in [0.5, 0.6) is 0 Å². The molecule has 4 aromatic rings. The van der Waals surface area contributed by atoms with E-state index in [0.717, 1.165) is 24.0 Å². The summed E-state index contributed by atoms with van der Waals surface area (Å²) < 4.78 is 6.89. The average molecular weight is 420 g/mol. The van der Waals surface area contributed by atoms with Crippen molar-refractivity contribution in [3.63, 3.8) is 0 Å². The smallest absolute Gasteiger partial charge is 0.371 e. The van der Waals surface area contributed by atoms with E-state index < -0.39 is 5.97 Å². The lowest BCUT2D eigenvalue weighted by Gasteiger charge is -2.16. The maximum Gasteiger partial charge on any atom is 0.371 e. The Kier molecular flexibility index (Phi) is 4.55. The van der Waals surface area contributed by atoms with Gasteiger partial charge < -0.3 is 9.52 Å². The van der Waals surface area contributed by atoms with Gasteiger partial charge in [-0.1, -0.05) is 18.2 Å². The summed E-state index contributed by atoms with van der Waals surface area (Å²) in [5.74, 6) is -0.301. The SMILES string of the molecule is Cc1nc2scc(-c3ccc4c(c3)CCCC4)c2c(=O)n1Cc1ccc(C(=O)O)o1. The third kappa shape index (κ3) is 3.15. The number of nitrogens with zero attached hydrogens (tertiary/aromatic N) is 2. The molecule has 152 valence electrons. The topological polar surface area (TPSA) is 85.3 Å². The number of rotatable bonds is 4. The largest absolute Gasteiger partial charge is 0.475 e. The van der Waals surface area contributed by atoms with E-state index in [4.69, 9.17) is 9.52 Å². The van der Waals surface area contributed by atoms with Crippen LogP contribution < -0.4 is 5.56 Å². The van der Waals surface area contributed by atoms with Crippen LogP contribution in [0.4, 0.5) is 0 Å². The summed E-state index contributed by atoms with van der Waals surface area (Å²) in [6.45, 7) is 1.92. The van der Waals surface area contributed by atoms with Crippen LogP contribution in [0.3, 0.4) is 0 Å². The van der Waals surface area contributed by atoms with Gasteiger partial charge in [-0.25, -0.2) is 9.78 Å². The number of aromatic carboxylic acids is 1. The van der Waals surface area contributed by atoms with Crippen molar-refractivity contribution < 1.29 is 14.3 Å². The van der Waals surface area contributed by atoms with Crippen molar-refractivity contribution in [2.24, 2.45) is 0 Å². The number of carboxylic acids is 1. The van der Waals surface area contributed by atoms with Gasteiger partial charge in [-0.2, -0.15) is 0 Å². The monoisotopic (exact) mass is 420 g/mol. The van der Waals surface area contributed by atoms with E-state index in [0.29, 0.717) is 21.8 Å². The Labute approximate surface area is 176 Å². The predicted molar refractivity (Wildman–Crippen MR) is 115 cm³/mol. The molecule has 3 aromatic heterocycles. The molecule has 1 aromatic carbocycles. The Morgan fingerprint density at radius 3 is 2.77 bits per heavy atom. The highest BCUT2D eigenvalue weighted by atomic mass is 32.1. The van der Waals surface area contributed by atoms with Gasteiger partial charge in [-0.15, -0.1) is 11.3 Å². The molecular formula is C23H20N2O4S. The van der Waals surface area contributed by atoms with Crippen LogP contribution in [0.25, 0.3) is 21.3 Å². The second-order valence-corrected chi connectivity index (χ2v) is 8.50. The summed E-state index contributed by atoms with van der Waals surface area (Å²) in [5, 5.41) is 11.7. The van der Waals surface area contributed by atoms with E-state index in [1.807, 2.05) is 5.38 Å². The third-order valence-electron chi connectivity index (χ3n) is 5.73. The van der Waals surface area contributed by atoms with Crippen molar-refractivity contribution in [2.75, 3.05) is 0 Å². The Hall–Kier alpha value is -3.19. The van der Waals surface area contributed by atoms with Crippen molar-refractivity contribution >= 4 is 27.5 Å². The van der Waals surface area contributed by atoms with Gasteiger partial charge >= 0.3 is 5.97 Å². The molecule has 0 spiro atoms. The standard InChI is InChI=1S/C23H20N2O4S/c1-13-24-21-20(22(26)25(13)11-17-8-9-19(29-17)23(27)28)18(12-30-21)16-7-6-14-4-2-3-5-15(14)10-16/h6-10,12H,2-5,11H2,1H3,(H,27,28). The lowest BCUT2D eigenvalue weighted by molar-refractivity contribution is 0.0660. The minimum atomic E-state index is -1.13. The Bertz CT molecular complexity index is 1350. The first-order valence-corrected chi connectivity index (χ1v) is 10.8. The van der Waals surface area contributed by atoms with E-state index >= 15 is 0 Å². The van der Waals surface area contributed by atoms with Crippen molar-refractivity contribution in [1.82, 2.24) is 9.55 Å². The van der Waals surface area contributed by atoms with Crippen LogP contribution in [-0.4, -0.2) is 20.6 Å². The fourth-order valence-electron chi connectivity index (χ4n) is 4.16. The summed E-state index contributed by atoms with van der Waals surface area (Å²) in [6, 6.07) is 9.47.